The van der Waals surface area contributed by atoms with Crippen LogP contribution in [0.2, 0.25) is 19.1 Å². The minimum atomic E-state index is -2.50. The molecule has 0 unspecified atom stereocenters. The van der Waals surface area contributed by atoms with E-state index in [0.717, 1.165) is 12.5 Å². The van der Waals surface area contributed by atoms with Crippen LogP contribution in [0.3, 0.4) is 0 Å². The molecule has 0 aromatic carbocycles. The molecule has 0 aromatic rings. The molecule has 3 nitrogen and oxygen atoms in total. The van der Waals surface area contributed by atoms with Gasteiger partial charge in [0.15, 0.2) is 8.32 Å². The molecule has 0 aliphatic heterocycles. The zero-order chi connectivity index (χ0) is 8.91. The van der Waals surface area contributed by atoms with Crippen molar-refractivity contribution in [2.24, 2.45) is 0 Å². The summed E-state index contributed by atoms with van der Waals surface area (Å²) < 4.78 is 5.03. The molecule has 0 heterocycles. The van der Waals surface area contributed by atoms with Gasteiger partial charge in [0.25, 0.3) is 0 Å². The normalized spacial score (nSPS) is 12.5. The number of halogens is 1. The van der Waals surface area contributed by atoms with E-state index in [-0.39, 0.29) is 0 Å². The second kappa shape index (κ2) is 5.28. The molecule has 0 bridgehead atoms. The SMILES string of the molecule is C[Si](C)(CCCCl)O[Si](O)O. The van der Waals surface area contributed by atoms with Gasteiger partial charge in [-0.2, -0.15) is 0 Å². The topological polar surface area (TPSA) is 49.7 Å². The Morgan fingerprint density at radius 2 is 2.00 bits per heavy atom. The summed E-state index contributed by atoms with van der Waals surface area (Å²) in [6.07, 6.45) is 0.885. The molecule has 0 amide bonds. The Bertz CT molecular complexity index is 110. The quantitative estimate of drug-likeness (QED) is 0.525. The van der Waals surface area contributed by atoms with Gasteiger partial charge in [-0.3, -0.25) is 0 Å². The van der Waals surface area contributed by atoms with Crippen LogP contribution in [-0.2, 0) is 4.12 Å². The Hall–Kier alpha value is 0.604. The highest BCUT2D eigenvalue weighted by Crippen LogP contribution is 2.13. The van der Waals surface area contributed by atoms with Crippen LogP contribution >= 0.6 is 11.6 Å². The third-order valence-electron chi connectivity index (χ3n) is 1.28. The van der Waals surface area contributed by atoms with Crippen molar-refractivity contribution >= 4 is 29.4 Å². The van der Waals surface area contributed by atoms with Gasteiger partial charge in [0.05, 0.1) is 0 Å². The fourth-order valence-corrected chi connectivity index (χ4v) is 4.56. The van der Waals surface area contributed by atoms with E-state index >= 15 is 0 Å². The highest BCUT2D eigenvalue weighted by atomic mass is 35.5. The van der Waals surface area contributed by atoms with Crippen molar-refractivity contribution in [3.8, 4) is 0 Å². The molecular weight excluding hydrogens is 200 g/mol. The summed E-state index contributed by atoms with van der Waals surface area (Å²) >= 11 is 5.49. The first kappa shape index (κ1) is 11.6. The summed E-state index contributed by atoms with van der Waals surface area (Å²) in [7, 11) is -4.33. The molecule has 0 saturated heterocycles. The summed E-state index contributed by atoms with van der Waals surface area (Å²) in [6.45, 7) is 3.91. The predicted octanol–water partition coefficient (Wildman–Crippen LogP) is 0.806. The van der Waals surface area contributed by atoms with Crippen molar-refractivity contribution in [2.45, 2.75) is 25.6 Å². The van der Waals surface area contributed by atoms with Crippen LogP contribution in [0.25, 0.3) is 0 Å². The van der Waals surface area contributed by atoms with Gasteiger partial charge in [-0.25, -0.2) is 0 Å². The first-order valence-corrected chi connectivity index (χ1v) is 8.43. The van der Waals surface area contributed by atoms with E-state index in [9.17, 15) is 0 Å². The molecule has 2 N–H and O–H groups in total. The van der Waals surface area contributed by atoms with E-state index in [4.69, 9.17) is 25.3 Å². The summed E-state index contributed by atoms with van der Waals surface area (Å²) in [5.41, 5.74) is 0. The molecule has 67 valence electrons. The fourth-order valence-electron chi connectivity index (χ4n) is 0.791. The van der Waals surface area contributed by atoms with Gasteiger partial charge in [0.1, 0.15) is 0 Å². The molecule has 0 rings (SSSR count). The Kier molecular flexibility index (Phi) is 5.57. The lowest BCUT2D eigenvalue weighted by Gasteiger charge is -2.21. The third kappa shape index (κ3) is 6.98. The number of alkyl halides is 1. The average molecular weight is 214 g/mol. The van der Waals surface area contributed by atoms with Crippen LogP contribution in [0.15, 0.2) is 0 Å². The zero-order valence-corrected chi connectivity index (χ0v) is 9.56. The van der Waals surface area contributed by atoms with Crippen LogP contribution in [0.4, 0.5) is 0 Å². The van der Waals surface area contributed by atoms with Gasteiger partial charge in [-0.1, -0.05) is 0 Å². The fraction of sp³-hybridized carbons (Fsp3) is 1.00. The van der Waals surface area contributed by atoms with Crippen LogP contribution in [0, 0.1) is 0 Å². The maximum Gasteiger partial charge on any atom is 0.560 e. The van der Waals surface area contributed by atoms with E-state index in [1.165, 1.54) is 0 Å². The van der Waals surface area contributed by atoms with Gasteiger partial charge in [-0.05, 0) is 25.6 Å². The van der Waals surface area contributed by atoms with Crippen molar-refractivity contribution < 1.29 is 13.7 Å². The second-order valence-electron chi connectivity index (χ2n) is 2.94. The Balaban J connectivity index is 3.61. The first-order chi connectivity index (χ1) is 4.98. The van der Waals surface area contributed by atoms with Crippen molar-refractivity contribution in [3.05, 3.63) is 0 Å². The second-order valence-corrected chi connectivity index (χ2v) is 8.72. The predicted molar refractivity (Wildman–Crippen MR) is 48.9 cm³/mol. The Labute approximate surface area is 75.1 Å². The van der Waals surface area contributed by atoms with Crippen molar-refractivity contribution in [3.63, 3.8) is 0 Å². The van der Waals surface area contributed by atoms with E-state index < -0.39 is 17.8 Å². The summed E-state index contributed by atoms with van der Waals surface area (Å²) in [6, 6.07) is 0.881. The van der Waals surface area contributed by atoms with Gasteiger partial charge in [-0.15, -0.1) is 11.6 Å². The highest BCUT2D eigenvalue weighted by molar-refractivity contribution is 6.75. The van der Waals surface area contributed by atoms with Crippen LogP contribution in [0.1, 0.15) is 6.42 Å². The largest absolute Gasteiger partial charge is 0.560 e. The molecule has 0 aromatic heterocycles. The molecule has 6 heteroatoms. The van der Waals surface area contributed by atoms with Gasteiger partial charge >= 0.3 is 9.53 Å². The molecule has 0 aliphatic carbocycles. The number of rotatable bonds is 5. The van der Waals surface area contributed by atoms with Gasteiger partial charge in [0, 0.05) is 5.88 Å². The Morgan fingerprint density at radius 3 is 2.36 bits per heavy atom. The van der Waals surface area contributed by atoms with Gasteiger partial charge in [0.2, 0.25) is 0 Å². The van der Waals surface area contributed by atoms with Crippen LogP contribution in [0.5, 0.6) is 0 Å². The molecular formula is C5H14ClO3Si2. The first-order valence-electron chi connectivity index (χ1n) is 3.48. The maximum absolute atomic E-state index is 8.62. The third-order valence-corrected chi connectivity index (χ3v) is 6.05. The standard InChI is InChI=1S/C5H14ClO3Si2/c1-11(2,5-3-4-6)9-10(7)8/h7-8H,3-5H2,1-2H3. The molecule has 0 fully saturated rings. The smallest absolute Gasteiger partial charge is 0.414 e. The maximum atomic E-state index is 8.62. The lowest BCUT2D eigenvalue weighted by Crippen LogP contribution is -2.37. The van der Waals surface area contributed by atoms with Crippen LogP contribution in [-0.4, -0.2) is 33.3 Å². The van der Waals surface area contributed by atoms with Crippen LogP contribution < -0.4 is 0 Å². The van der Waals surface area contributed by atoms with Crippen molar-refractivity contribution in [1.29, 1.82) is 0 Å². The van der Waals surface area contributed by atoms with Gasteiger partial charge < -0.3 is 13.7 Å². The van der Waals surface area contributed by atoms with Crippen molar-refractivity contribution in [2.75, 3.05) is 5.88 Å². The van der Waals surface area contributed by atoms with E-state index in [0.29, 0.717) is 5.88 Å². The molecule has 0 saturated carbocycles. The van der Waals surface area contributed by atoms with E-state index in [1.54, 1.807) is 0 Å². The molecule has 1 radical (unpaired) electrons. The summed E-state index contributed by atoms with van der Waals surface area (Å²) in [4.78, 5) is 17.2. The van der Waals surface area contributed by atoms with Crippen molar-refractivity contribution in [1.82, 2.24) is 0 Å². The highest BCUT2D eigenvalue weighted by Gasteiger charge is 2.26. The minimum Gasteiger partial charge on any atom is -0.414 e. The molecule has 0 aliphatic rings. The lowest BCUT2D eigenvalue weighted by atomic mass is 10.6. The monoisotopic (exact) mass is 213 g/mol. The van der Waals surface area contributed by atoms with E-state index in [2.05, 4.69) is 0 Å². The zero-order valence-electron chi connectivity index (χ0n) is 6.80. The summed E-state index contributed by atoms with van der Waals surface area (Å²) in [5, 5.41) is 0. The lowest BCUT2D eigenvalue weighted by molar-refractivity contribution is 0.283. The van der Waals surface area contributed by atoms with E-state index in [1.807, 2.05) is 13.1 Å². The summed E-state index contributed by atoms with van der Waals surface area (Å²) in [5.74, 6) is 0.610. The average Bonchev–Trinajstić information content (AvgIpc) is 1.81. The Morgan fingerprint density at radius 1 is 1.45 bits per heavy atom. The molecule has 0 spiro atoms. The number of hydrogen-bond donors (Lipinski definition) is 2. The minimum absolute atomic E-state index is 0.610. The molecule has 0 atom stereocenters. The molecule has 11 heavy (non-hydrogen) atoms. The number of hydrogen-bond acceptors (Lipinski definition) is 3.